The van der Waals surface area contributed by atoms with Crippen LogP contribution in [0.3, 0.4) is 0 Å². The van der Waals surface area contributed by atoms with Crippen molar-refractivity contribution in [1.82, 2.24) is 9.19 Å². The van der Waals surface area contributed by atoms with Crippen LogP contribution < -0.4 is 0 Å². The van der Waals surface area contributed by atoms with E-state index in [1.54, 1.807) is 42.5 Å². The minimum absolute atomic E-state index is 0.176. The van der Waals surface area contributed by atoms with Crippen molar-refractivity contribution in [3.8, 4) is 0 Å². The summed E-state index contributed by atoms with van der Waals surface area (Å²) in [6, 6.07) is 15.1. The summed E-state index contributed by atoms with van der Waals surface area (Å²) in [6.07, 6.45) is 0. The van der Waals surface area contributed by atoms with Crippen LogP contribution in [0.5, 0.6) is 0 Å². The van der Waals surface area contributed by atoms with Gasteiger partial charge in [0.1, 0.15) is 0 Å². The van der Waals surface area contributed by atoms with E-state index in [9.17, 15) is 8.42 Å². The van der Waals surface area contributed by atoms with Crippen LogP contribution in [0.1, 0.15) is 0 Å². The Labute approximate surface area is 115 Å². The van der Waals surface area contributed by atoms with E-state index in [1.807, 2.05) is 0 Å². The third-order valence-corrected chi connectivity index (χ3v) is 4.66. The van der Waals surface area contributed by atoms with E-state index in [0.717, 1.165) is 4.09 Å². The number of para-hydroxylation sites is 1. The fraction of sp³-hybridized carbons (Fsp3) is 0. The third-order valence-electron chi connectivity index (χ3n) is 2.78. The first-order valence-corrected chi connectivity index (χ1v) is 7.36. The lowest BCUT2D eigenvalue weighted by atomic mass is 10.3. The van der Waals surface area contributed by atoms with Gasteiger partial charge in [-0.3, -0.25) is 0 Å². The monoisotopic (exact) mass is 292 g/mol. The van der Waals surface area contributed by atoms with Gasteiger partial charge in [0, 0.05) is 5.39 Å². The molecule has 0 unspecified atom stereocenters. The van der Waals surface area contributed by atoms with Gasteiger partial charge in [0.25, 0.3) is 10.0 Å². The summed E-state index contributed by atoms with van der Waals surface area (Å²) in [6.45, 7) is 0. The highest BCUT2D eigenvalue weighted by molar-refractivity contribution is 7.90. The average molecular weight is 293 g/mol. The molecule has 4 nitrogen and oxygen atoms in total. The van der Waals surface area contributed by atoms with Crippen molar-refractivity contribution in [2.45, 2.75) is 4.90 Å². The zero-order valence-corrected chi connectivity index (χ0v) is 11.3. The maximum absolute atomic E-state index is 12.5. The first-order valence-electron chi connectivity index (χ1n) is 5.54. The molecule has 0 radical (unpaired) electrons. The quantitative estimate of drug-likeness (QED) is 0.730. The molecular weight excluding hydrogens is 284 g/mol. The number of hydrogen-bond acceptors (Lipinski definition) is 3. The van der Waals surface area contributed by atoms with E-state index in [0.29, 0.717) is 10.9 Å². The summed E-state index contributed by atoms with van der Waals surface area (Å²) in [4.78, 5) is 0.180. The lowest BCUT2D eigenvalue weighted by molar-refractivity contribution is 0.582. The smallest absolute Gasteiger partial charge is 0.199 e. The number of benzene rings is 2. The molecule has 6 heteroatoms. The number of hydrogen-bond donors (Lipinski definition) is 0. The van der Waals surface area contributed by atoms with Crippen molar-refractivity contribution in [3.05, 3.63) is 59.8 Å². The number of aromatic nitrogens is 2. The van der Waals surface area contributed by atoms with E-state index in [-0.39, 0.29) is 10.0 Å². The Kier molecular flexibility index (Phi) is 2.80. The van der Waals surface area contributed by atoms with Crippen molar-refractivity contribution in [1.29, 1.82) is 0 Å². The molecule has 0 aliphatic heterocycles. The Hall–Kier alpha value is -1.85. The Morgan fingerprint density at radius 2 is 1.58 bits per heavy atom. The number of halogens is 1. The molecule has 3 rings (SSSR count). The summed E-state index contributed by atoms with van der Waals surface area (Å²) in [5.41, 5.74) is 0.469. The molecule has 0 fully saturated rings. The summed E-state index contributed by atoms with van der Waals surface area (Å²) < 4.78 is 26.0. The summed E-state index contributed by atoms with van der Waals surface area (Å²) in [7, 11) is -3.72. The summed E-state index contributed by atoms with van der Waals surface area (Å²) >= 11 is 5.97. The van der Waals surface area contributed by atoms with Crippen molar-refractivity contribution in [2.24, 2.45) is 0 Å². The normalized spacial score (nSPS) is 11.8. The Balaban J connectivity index is 2.31. The van der Waals surface area contributed by atoms with Crippen molar-refractivity contribution in [3.63, 3.8) is 0 Å². The standard InChI is InChI=1S/C13H9ClN2O2S/c14-13-11-8-4-5-9-12(11)16(15-13)19(17,18)10-6-2-1-3-7-10/h1-9H. The van der Waals surface area contributed by atoms with E-state index >= 15 is 0 Å². The highest BCUT2D eigenvalue weighted by Gasteiger charge is 2.21. The van der Waals surface area contributed by atoms with Crippen LogP contribution in [0.15, 0.2) is 59.5 Å². The van der Waals surface area contributed by atoms with Crippen molar-refractivity contribution in [2.75, 3.05) is 0 Å². The largest absolute Gasteiger partial charge is 0.283 e. The summed E-state index contributed by atoms with van der Waals surface area (Å²) in [5.74, 6) is 0. The SMILES string of the molecule is O=S(=O)(c1ccccc1)n1nc(Cl)c2ccccc21. The molecule has 0 N–H and O–H groups in total. The van der Waals surface area contributed by atoms with Crippen LogP contribution in [0.4, 0.5) is 0 Å². The highest BCUT2D eigenvalue weighted by atomic mass is 35.5. The Morgan fingerprint density at radius 1 is 0.947 bits per heavy atom. The van der Waals surface area contributed by atoms with Crippen LogP contribution in [0, 0.1) is 0 Å². The minimum atomic E-state index is -3.72. The zero-order chi connectivity index (χ0) is 13.5. The van der Waals surface area contributed by atoms with Crippen LogP contribution in [-0.2, 0) is 10.0 Å². The van der Waals surface area contributed by atoms with Crippen LogP contribution in [0.2, 0.25) is 5.15 Å². The molecule has 0 atom stereocenters. The molecule has 19 heavy (non-hydrogen) atoms. The van der Waals surface area contributed by atoms with Gasteiger partial charge in [0.15, 0.2) is 5.15 Å². The average Bonchev–Trinajstić information content (AvgIpc) is 2.79. The molecule has 0 amide bonds. The molecule has 0 saturated heterocycles. The van der Waals surface area contributed by atoms with E-state index in [1.165, 1.54) is 12.1 Å². The second kappa shape index (κ2) is 4.36. The molecule has 0 spiro atoms. The maximum Gasteiger partial charge on any atom is 0.283 e. The molecule has 0 saturated carbocycles. The fourth-order valence-corrected chi connectivity index (χ4v) is 3.47. The van der Waals surface area contributed by atoms with Crippen LogP contribution in [-0.4, -0.2) is 17.6 Å². The second-order valence-corrected chi connectivity index (χ2v) is 6.09. The molecule has 0 aliphatic rings. The van der Waals surface area contributed by atoms with Gasteiger partial charge in [0.2, 0.25) is 0 Å². The molecule has 0 bridgehead atoms. The van der Waals surface area contributed by atoms with Gasteiger partial charge >= 0.3 is 0 Å². The molecule has 1 heterocycles. The predicted octanol–water partition coefficient (Wildman–Crippen LogP) is 2.93. The van der Waals surface area contributed by atoms with Gasteiger partial charge in [-0.25, -0.2) is 0 Å². The molecule has 0 aliphatic carbocycles. The van der Waals surface area contributed by atoms with Gasteiger partial charge in [0.05, 0.1) is 10.4 Å². The van der Waals surface area contributed by atoms with Gasteiger partial charge in [-0.15, -0.1) is 5.10 Å². The van der Waals surface area contributed by atoms with Crippen LogP contribution >= 0.6 is 11.6 Å². The molecule has 1 aromatic heterocycles. The number of nitrogens with zero attached hydrogens (tertiary/aromatic N) is 2. The predicted molar refractivity (Wildman–Crippen MR) is 73.8 cm³/mol. The molecule has 96 valence electrons. The second-order valence-electron chi connectivity index (χ2n) is 3.97. The van der Waals surface area contributed by atoms with E-state index in [4.69, 9.17) is 11.6 Å². The molecular formula is C13H9ClN2O2S. The van der Waals surface area contributed by atoms with Gasteiger partial charge in [-0.05, 0) is 24.3 Å². The van der Waals surface area contributed by atoms with E-state index in [2.05, 4.69) is 5.10 Å². The van der Waals surface area contributed by atoms with Crippen molar-refractivity contribution < 1.29 is 8.42 Å². The molecule has 2 aromatic carbocycles. The van der Waals surface area contributed by atoms with Gasteiger partial charge < -0.3 is 0 Å². The lowest BCUT2D eigenvalue weighted by Gasteiger charge is -2.05. The molecule has 3 aromatic rings. The zero-order valence-electron chi connectivity index (χ0n) is 9.69. The maximum atomic E-state index is 12.5. The van der Waals surface area contributed by atoms with Gasteiger partial charge in [-0.1, -0.05) is 41.9 Å². The minimum Gasteiger partial charge on any atom is -0.199 e. The number of rotatable bonds is 2. The number of fused-ring (bicyclic) bond motifs is 1. The summed E-state index contributed by atoms with van der Waals surface area (Å²) in [5, 5.41) is 4.72. The first kappa shape index (κ1) is 12.2. The Morgan fingerprint density at radius 3 is 2.32 bits per heavy atom. The van der Waals surface area contributed by atoms with Gasteiger partial charge in [-0.2, -0.15) is 12.5 Å². The van der Waals surface area contributed by atoms with Crippen LogP contribution in [0.25, 0.3) is 10.9 Å². The Bertz CT molecular complexity index is 841. The highest BCUT2D eigenvalue weighted by Crippen LogP contribution is 2.25. The third kappa shape index (κ3) is 1.91. The fourth-order valence-electron chi connectivity index (χ4n) is 1.88. The van der Waals surface area contributed by atoms with E-state index < -0.39 is 10.0 Å². The lowest BCUT2D eigenvalue weighted by Crippen LogP contribution is -2.14. The van der Waals surface area contributed by atoms with Crippen molar-refractivity contribution >= 4 is 32.5 Å². The topological polar surface area (TPSA) is 52.0 Å². The first-order chi connectivity index (χ1) is 9.10.